The van der Waals surface area contributed by atoms with E-state index in [1.807, 2.05) is 4.90 Å². The Kier molecular flexibility index (Phi) is 5.20. The molecule has 1 aliphatic carbocycles. The lowest BCUT2D eigenvalue weighted by atomic mass is 10.0. The molecule has 21 heavy (non-hydrogen) atoms. The van der Waals surface area contributed by atoms with Crippen LogP contribution in [0.15, 0.2) is 0 Å². The second kappa shape index (κ2) is 6.91. The van der Waals surface area contributed by atoms with Crippen LogP contribution in [0, 0.1) is 11.8 Å². The quantitative estimate of drug-likeness (QED) is 0.765. The Labute approximate surface area is 124 Å². The molecule has 0 radical (unpaired) electrons. The highest BCUT2D eigenvalue weighted by Gasteiger charge is 2.35. The smallest absolute Gasteiger partial charge is 0.303 e. The highest BCUT2D eigenvalue weighted by Crippen LogP contribution is 2.31. The summed E-state index contributed by atoms with van der Waals surface area (Å²) in [4.78, 5) is 36.3. The van der Waals surface area contributed by atoms with Crippen molar-refractivity contribution in [2.45, 2.75) is 51.5 Å². The Morgan fingerprint density at radius 3 is 2.29 bits per heavy atom. The molecule has 2 N–H and O–H groups in total. The van der Waals surface area contributed by atoms with Crippen LogP contribution in [0.2, 0.25) is 0 Å². The molecule has 1 saturated heterocycles. The Bertz CT molecular complexity index is 412. The molecule has 118 valence electrons. The van der Waals surface area contributed by atoms with E-state index in [9.17, 15) is 14.4 Å². The van der Waals surface area contributed by atoms with Crippen LogP contribution in [0.3, 0.4) is 0 Å². The van der Waals surface area contributed by atoms with Crippen LogP contribution in [0.1, 0.15) is 45.4 Å². The predicted octanol–water partition coefficient (Wildman–Crippen LogP) is 1.00. The van der Waals surface area contributed by atoms with Gasteiger partial charge in [0.05, 0.1) is 0 Å². The second-order valence-corrected chi connectivity index (χ2v) is 6.35. The molecule has 1 saturated carbocycles. The summed E-state index contributed by atoms with van der Waals surface area (Å²) in [7, 11) is 0. The Morgan fingerprint density at radius 2 is 1.76 bits per heavy atom. The van der Waals surface area contributed by atoms with E-state index in [0.717, 1.165) is 25.7 Å². The van der Waals surface area contributed by atoms with E-state index in [1.54, 1.807) is 6.92 Å². The summed E-state index contributed by atoms with van der Waals surface area (Å²) < 4.78 is 0. The zero-order valence-corrected chi connectivity index (χ0v) is 12.5. The molecule has 2 rings (SSSR count). The van der Waals surface area contributed by atoms with Crippen molar-refractivity contribution in [2.75, 3.05) is 13.1 Å². The van der Waals surface area contributed by atoms with Gasteiger partial charge in [0.2, 0.25) is 11.8 Å². The van der Waals surface area contributed by atoms with Gasteiger partial charge in [-0.3, -0.25) is 14.4 Å². The molecular weight excluding hydrogens is 272 g/mol. The van der Waals surface area contributed by atoms with Crippen LogP contribution in [0.25, 0.3) is 0 Å². The second-order valence-electron chi connectivity index (χ2n) is 6.35. The summed E-state index contributed by atoms with van der Waals surface area (Å²) in [6.45, 7) is 3.19. The molecule has 1 atom stereocenters. The third kappa shape index (κ3) is 5.02. The van der Waals surface area contributed by atoms with Crippen LogP contribution < -0.4 is 5.32 Å². The first kappa shape index (κ1) is 15.8. The maximum atomic E-state index is 11.9. The molecule has 0 aromatic heterocycles. The molecule has 0 spiro atoms. The minimum atomic E-state index is -0.873. The summed E-state index contributed by atoms with van der Waals surface area (Å²) in [5.74, 6) is -0.584. The fourth-order valence-electron chi connectivity index (χ4n) is 2.81. The number of hydrogen-bond donors (Lipinski definition) is 2. The van der Waals surface area contributed by atoms with Gasteiger partial charge in [-0.2, -0.15) is 0 Å². The first-order valence-corrected chi connectivity index (χ1v) is 7.75. The van der Waals surface area contributed by atoms with Crippen molar-refractivity contribution in [3.05, 3.63) is 0 Å². The number of nitrogens with zero attached hydrogens (tertiary/aromatic N) is 1. The Hall–Kier alpha value is -1.59. The van der Waals surface area contributed by atoms with Gasteiger partial charge in [0, 0.05) is 37.9 Å². The SMILES string of the molecule is CC(CC(=O)O)CC(=O)NC1CCN(C(=O)C2CC2)CC1. The lowest BCUT2D eigenvalue weighted by Gasteiger charge is -2.32. The van der Waals surface area contributed by atoms with Crippen LogP contribution in [0.5, 0.6) is 0 Å². The third-order valence-electron chi connectivity index (χ3n) is 4.16. The lowest BCUT2D eigenvalue weighted by molar-refractivity contribution is -0.138. The number of amides is 2. The van der Waals surface area contributed by atoms with Gasteiger partial charge in [0.25, 0.3) is 0 Å². The maximum Gasteiger partial charge on any atom is 0.303 e. The number of aliphatic carboxylic acids is 1. The van der Waals surface area contributed by atoms with Crippen molar-refractivity contribution in [1.29, 1.82) is 0 Å². The van der Waals surface area contributed by atoms with Crippen molar-refractivity contribution in [2.24, 2.45) is 11.8 Å². The largest absolute Gasteiger partial charge is 0.481 e. The Morgan fingerprint density at radius 1 is 1.14 bits per heavy atom. The number of carbonyl (C=O) groups is 3. The van der Waals surface area contributed by atoms with Crippen LogP contribution in [-0.2, 0) is 14.4 Å². The van der Waals surface area contributed by atoms with Crippen molar-refractivity contribution in [3.63, 3.8) is 0 Å². The van der Waals surface area contributed by atoms with Gasteiger partial charge < -0.3 is 15.3 Å². The molecule has 1 unspecified atom stereocenters. The summed E-state index contributed by atoms with van der Waals surface area (Å²) in [6, 6.07) is 0.109. The predicted molar refractivity (Wildman–Crippen MR) is 76.5 cm³/mol. The molecule has 6 heteroatoms. The van der Waals surface area contributed by atoms with Gasteiger partial charge in [0.1, 0.15) is 0 Å². The molecule has 2 amide bonds. The van der Waals surface area contributed by atoms with Crippen molar-refractivity contribution >= 4 is 17.8 Å². The number of nitrogens with one attached hydrogen (secondary N) is 1. The van der Waals surface area contributed by atoms with Gasteiger partial charge in [-0.05, 0) is 31.6 Å². The normalized spacial score (nSPS) is 20.9. The van der Waals surface area contributed by atoms with Crippen LogP contribution in [-0.4, -0.2) is 46.9 Å². The highest BCUT2D eigenvalue weighted by molar-refractivity contribution is 5.81. The van der Waals surface area contributed by atoms with E-state index in [4.69, 9.17) is 5.11 Å². The molecule has 1 heterocycles. The maximum absolute atomic E-state index is 11.9. The van der Waals surface area contributed by atoms with E-state index in [0.29, 0.717) is 13.1 Å². The van der Waals surface area contributed by atoms with E-state index in [2.05, 4.69) is 5.32 Å². The monoisotopic (exact) mass is 296 g/mol. The highest BCUT2D eigenvalue weighted by atomic mass is 16.4. The first-order valence-electron chi connectivity index (χ1n) is 7.75. The zero-order valence-electron chi connectivity index (χ0n) is 12.5. The number of hydrogen-bond acceptors (Lipinski definition) is 3. The summed E-state index contributed by atoms with van der Waals surface area (Å²) in [5, 5.41) is 11.6. The molecule has 1 aliphatic heterocycles. The first-order chi connectivity index (χ1) is 9.95. The fraction of sp³-hybridized carbons (Fsp3) is 0.800. The topological polar surface area (TPSA) is 86.7 Å². The number of carboxylic acid groups (broad SMARTS) is 1. The number of carbonyl (C=O) groups excluding carboxylic acids is 2. The molecular formula is C15H24N2O4. The van der Waals surface area contributed by atoms with E-state index in [-0.39, 0.29) is 42.5 Å². The molecule has 2 aliphatic rings. The van der Waals surface area contributed by atoms with E-state index >= 15 is 0 Å². The van der Waals surface area contributed by atoms with Gasteiger partial charge >= 0.3 is 5.97 Å². The summed E-state index contributed by atoms with van der Waals surface area (Å²) in [5.41, 5.74) is 0. The summed E-state index contributed by atoms with van der Waals surface area (Å²) in [6.07, 6.45) is 3.89. The van der Waals surface area contributed by atoms with Gasteiger partial charge in [0.15, 0.2) is 0 Å². The number of carboxylic acids is 1. The minimum Gasteiger partial charge on any atom is -0.481 e. The molecule has 0 aromatic carbocycles. The van der Waals surface area contributed by atoms with Crippen molar-refractivity contribution in [1.82, 2.24) is 10.2 Å². The number of rotatable bonds is 6. The standard InChI is InChI=1S/C15H24N2O4/c1-10(9-14(19)20)8-13(18)16-12-4-6-17(7-5-12)15(21)11-2-3-11/h10-12H,2-9H2,1H3,(H,16,18)(H,19,20). The van der Waals surface area contributed by atoms with E-state index in [1.165, 1.54) is 0 Å². The zero-order chi connectivity index (χ0) is 15.4. The Balaban J connectivity index is 1.66. The van der Waals surface area contributed by atoms with Gasteiger partial charge in [-0.15, -0.1) is 0 Å². The molecule has 2 fully saturated rings. The molecule has 0 aromatic rings. The van der Waals surface area contributed by atoms with Gasteiger partial charge in [-0.1, -0.05) is 6.92 Å². The molecule has 0 bridgehead atoms. The average Bonchev–Trinajstić information content (AvgIpc) is 3.21. The fourth-order valence-corrected chi connectivity index (χ4v) is 2.81. The molecule has 6 nitrogen and oxygen atoms in total. The number of piperidine rings is 1. The van der Waals surface area contributed by atoms with Crippen LogP contribution in [0.4, 0.5) is 0 Å². The summed E-state index contributed by atoms with van der Waals surface area (Å²) >= 11 is 0. The van der Waals surface area contributed by atoms with Crippen molar-refractivity contribution in [3.8, 4) is 0 Å². The lowest BCUT2D eigenvalue weighted by Crippen LogP contribution is -2.47. The van der Waals surface area contributed by atoms with Crippen LogP contribution >= 0.6 is 0 Å². The average molecular weight is 296 g/mol. The minimum absolute atomic E-state index is 0.0156. The van der Waals surface area contributed by atoms with Crippen molar-refractivity contribution < 1.29 is 19.5 Å². The van der Waals surface area contributed by atoms with Gasteiger partial charge in [-0.25, -0.2) is 0 Å². The van der Waals surface area contributed by atoms with E-state index < -0.39 is 5.97 Å². The number of likely N-dealkylation sites (tertiary alicyclic amines) is 1. The third-order valence-corrected chi connectivity index (χ3v) is 4.16.